The molecule has 1 aromatic carbocycles. The van der Waals surface area contributed by atoms with Gasteiger partial charge in [-0.2, -0.15) is 26.3 Å². The van der Waals surface area contributed by atoms with Gasteiger partial charge in [0.25, 0.3) is 0 Å². The lowest BCUT2D eigenvalue weighted by Gasteiger charge is -2.20. The van der Waals surface area contributed by atoms with Gasteiger partial charge in [0.1, 0.15) is 0 Å². The lowest BCUT2D eigenvalue weighted by atomic mass is 9.99. The van der Waals surface area contributed by atoms with Gasteiger partial charge in [0.15, 0.2) is 0 Å². The summed E-state index contributed by atoms with van der Waals surface area (Å²) in [5.41, 5.74) is 2.59. The van der Waals surface area contributed by atoms with E-state index in [1.165, 1.54) is 0 Å². The molecule has 0 amide bonds. The molecule has 0 saturated carbocycles. The molecular formula is C12H14F6N2. The third-order valence-electron chi connectivity index (χ3n) is 2.70. The third-order valence-corrected chi connectivity index (χ3v) is 2.70. The summed E-state index contributed by atoms with van der Waals surface area (Å²) in [6, 6.07) is 0.719. The fraction of sp³-hybridized carbons (Fsp3) is 0.500. The van der Waals surface area contributed by atoms with Gasteiger partial charge in [-0.05, 0) is 30.3 Å². The average molecular weight is 300 g/mol. The smallest absolute Gasteiger partial charge is 0.329 e. The molecular weight excluding hydrogens is 286 g/mol. The number of likely N-dealkylation sites (N-methyl/N-ethyl adjacent to an activating group) is 1. The molecule has 0 aliphatic rings. The van der Waals surface area contributed by atoms with Crippen molar-refractivity contribution in [2.75, 3.05) is 13.1 Å². The van der Waals surface area contributed by atoms with E-state index in [9.17, 15) is 26.3 Å². The Kier molecular flexibility index (Phi) is 5.04. The Balaban J connectivity index is 3.37. The van der Waals surface area contributed by atoms with E-state index in [1.807, 2.05) is 0 Å². The lowest BCUT2D eigenvalue weighted by Crippen LogP contribution is -2.28. The summed E-state index contributed by atoms with van der Waals surface area (Å²) in [6.07, 6.45) is -9.69. The molecule has 0 spiro atoms. The Morgan fingerprint density at radius 2 is 1.45 bits per heavy atom. The van der Waals surface area contributed by atoms with Crippen LogP contribution in [-0.2, 0) is 12.4 Å². The van der Waals surface area contributed by atoms with E-state index in [1.54, 1.807) is 6.92 Å². The van der Waals surface area contributed by atoms with Crippen molar-refractivity contribution in [3.8, 4) is 0 Å². The molecule has 3 N–H and O–H groups in total. The largest absolute Gasteiger partial charge is 0.416 e. The number of hydrogen-bond donors (Lipinski definition) is 2. The van der Waals surface area contributed by atoms with Crippen LogP contribution in [0.5, 0.6) is 0 Å². The molecule has 0 aliphatic carbocycles. The lowest BCUT2D eigenvalue weighted by molar-refractivity contribution is -0.143. The molecule has 0 bridgehead atoms. The van der Waals surface area contributed by atoms with Crippen LogP contribution in [0.15, 0.2) is 18.2 Å². The summed E-state index contributed by atoms with van der Waals surface area (Å²) >= 11 is 0. The van der Waals surface area contributed by atoms with Gasteiger partial charge >= 0.3 is 12.4 Å². The Labute approximate surface area is 112 Å². The first-order valence-electron chi connectivity index (χ1n) is 5.82. The first-order chi connectivity index (χ1) is 9.09. The highest BCUT2D eigenvalue weighted by atomic mass is 19.4. The number of alkyl halides is 6. The number of hydrogen-bond acceptors (Lipinski definition) is 2. The van der Waals surface area contributed by atoms with Crippen molar-refractivity contribution < 1.29 is 26.3 Å². The zero-order chi connectivity index (χ0) is 15.6. The van der Waals surface area contributed by atoms with Gasteiger partial charge in [-0.3, -0.25) is 0 Å². The molecule has 0 heterocycles. The highest BCUT2D eigenvalue weighted by Gasteiger charge is 2.37. The van der Waals surface area contributed by atoms with Crippen LogP contribution >= 0.6 is 0 Å². The predicted octanol–water partition coefficient (Wildman–Crippen LogP) is 3.33. The van der Waals surface area contributed by atoms with Crippen molar-refractivity contribution in [3.63, 3.8) is 0 Å². The van der Waals surface area contributed by atoms with E-state index < -0.39 is 29.5 Å². The van der Waals surface area contributed by atoms with E-state index in [0.29, 0.717) is 18.7 Å². The molecule has 0 fully saturated rings. The Morgan fingerprint density at radius 3 is 1.75 bits per heavy atom. The molecule has 8 heteroatoms. The van der Waals surface area contributed by atoms with Gasteiger partial charge in [0.05, 0.1) is 11.1 Å². The van der Waals surface area contributed by atoms with Gasteiger partial charge in [-0.1, -0.05) is 6.92 Å². The Hall–Kier alpha value is -1.28. The minimum absolute atomic E-state index is 0.100. The number of nitrogens with one attached hydrogen (secondary N) is 1. The van der Waals surface area contributed by atoms with Crippen LogP contribution in [0.1, 0.15) is 29.7 Å². The quantitative estimate of drug-likeness (QED) is 0.837. The minimum Gasteiger partial charge on any atom is -0.329 e. The first-order valence-corrected chi connectivity index (χ1v) is 5.82. The highest BCUT2D eigenvalue weighted by Crippen LogP contribution is 2.37. The molecule has 1 aromatic rings. The average Bonchev–Trinajstić information content (AvgIpc) is 2.33. The number of halogens is 6. The monoisotopic (exact) mass is 300 g/mol. The molecule has 1 rings (SSSR count). The summed E-state index contributed by atoms with van der Waals surface area (Å²) in [5, 5.41) is 2.75. The van der Waals surface area contributed by atoms with Crippen molar-refractivity contribution in [2.45, 2.75) is 25.3 Å². The van der Waals surface area contributed by atoms with Crippen LogP contribution in [0, 0.1) is 0 Å². The predicted molar refractivity (Wildman–Crippen MR) is 61.9 cm³/mol. The topological polar surface area (TPSA) is 38.0 Å². The van der Waals surface area contributed by atoms with E-state index in [2.05, 4.69) is 5.32 Å². The van der Waals surface area contributed by atoms with Gasteiger partial charge < -0.3 is 11.1 Å². The van der Waals surface area contributed by atoms with E-state index >= 15 is 0 Å². The molecule has 114 valence electrons. The number of benzene rings is 1. The van der Waals surface area contributed by atoms with Crippen molar-refractivity contribution in [1.82, 2.24) is 5.32 Å². The molecule has 0 aromatic heterocycles. The number of rotatable bonds is 4. The van der Waals surface area contributed by atoms with Crippen molar-refractivity contribution >= 4 is 0 Å². The SMILES string of the molecule is CCNC(CN)c1cc(C(F)(F)F)cc(C(F)(F)F)c1. The third kappa shape index (κ3) is 4.11. The zero-order valence-corrected chi connectivity index (χ0v) is 10.6. The summed E-state index contributed by atoms with van der Waals surface area (Å²) in [5.74, 6) is 0. The van der Waals surface area contributed by atoms with Crippen LogP contribution in [0.4, 0.5) is 26.3 Å². The van der Waals surface area contributed by atoms with Crippen LogP contribution in [0.3, 0.4) is 0 Å². The number of nitrogens with two attached hydrogens (primary N) is 1. The second-order valence-corrected chi connectivity index (χ2v) is 4.19. The van der Waals surface area contributed by atoms with Gasteiger partial charge in [0.2, 0.25) is 0 Å². The second-order valence-electron chi connectivity index (χ2n) is 4.19. The van der Waals surface area contributed by atoms with Crippen LogP contribution < -0.4 is 11.1 Å². The summed E-state index contributed by atoms with van der Waals surface area (Å²) in [7, 11) is 0. The fourth-order valence-electron chi connectivity index (χ4n) is 1.76. The van der Waals surface area contributed by atoms with E-state index in [0.717, 1.165) is 0 Å². The maximum Gasteiger partial charge on any atom is 0.416 e. The minimum atomic E-state index is -4.85. The molecule has 1 unspecified atom stereocenters. The van der Waals surface area contributed by atoms with Crippen LogP contribution in [0.25, 0.3) is 0 Å². The molecule has 0 saturated heterocycles. The van der Waals surface area contributed by atoms with Gasteiger partial charge in [-0.25, -0.2) is 0 Å². The molecule has 2 nitrogen and oxygen atoms in total. The zero-order valence-electron chi connectivity index (χ0n) is 10.6. The summed E-state index contributed by atoms with van der Waals surface area (Å²) < 4.78 is 76.0. The van der Waals surface area contributed by atoms with Crippen molar-refractivity contribution in [3.05, 3.63) is 34.9 Å². The Morgan fingerprint density at radius 1 is 1.00 bits per heavy atom. The van der Waals surface area contributed by atoms with E-state index in [4.69, 9.17) is 5.73 Å². The second kappa shape index (κ2) is 6.01. The summed E-state index contributed by atoms with van der Waals surface area (Å²) in [6.45, 7) is 1.95. The molecule has 0 aliphatic heterocycles. The Bertz CT molecular complexity index is 420. The normalized spacial score (nSPS) is 14.4. The van der Waals surface area contributed by atoms with Crippen molar-refractivity contribution in [2.24, 2.45) is 5.73 Å². The maximum atomic E-state index is 12.7. The van der Waals surface area contributed by atoms with E-state index in [-0.39, 0.29) is 18.2 Å². The van der Waals surface area contributed by atoms with Gasteiger partial charge in [0, 0.05) is 12.6 Å². The summed E-state index contributed by atoms with van der Waals surface area (Å²) in [4.78, 5) is 0. The highest BCUT2D eigenvalue weighted by molar-refractivity contribution is 5.35. The maximum absolute atomic E-state index is 12.7. The van der Waals surface area contributed by atoms with Gasteiger partial charge in [-0.15, -0.1) is 0 Å². The fourth-order valence-corrected chi connectivity index (χ4v) is 1.76. The van der Waals surface area contributed by atoms with Crippen molar-refractivity contribution in [1.29, 1.82) is 0 Å². The molecule has 0 radical (unpaired) electrons. The van der Waals surface area contributed by atoms with Crippen LogP contribution in [-0.4, -0.2) is 13.1 Å². The molecule has 20 heavy (non-hydrogen) atoms. The molecule has 1 atom stereocenters. The first kappa shape index (κ1) is 16.8. The van der Waals surface area contributed by atoms with Crippen LogP contribution in [0.2, 0.25) is 0 Å². The standard InChI is InChI=1S/C12H14F6N2/c1-2-20-10(6-19)7-3-8(11(13,14)15)5-9(4-7)12(16,17)18/h3-5,10,20H,2,6,19H2,1H3.